The van der Waals surface area contributed by atoms with E-state index in [1.54, 1.807) is 7.05 Å². The molecule has 2 aromatic rings. The van der Waals surface area contributed by atoms with Crippen LogP contribution in [0.1, 0.15) is 10.5 Å². The van der Waals surface area contributed by atoms with Crippen LogP contribution >= 0.6 is 0 Å². The van der Waals surface area contributed by atoms with Crippen LogP contribution in [0.3, 0.4) is 0 Å². The molecule has 2 aromatic heterocycles. The van der Waals surface area contributed by atoms with Crippen LogP contribution in [-0.4, -0.2) is 30.8 Å². The molecule has 0 amide bonds. The van der Waals surface area contributed by atoms with E-state index in [0.29, 0.717) is 11.0 Å². The van der Waals surface area contributed by atoms with Crippen LogP contribution in [0.5, 0.6) is 0 Å². The van der Waals surface area contributed by atoms with Gasteiger partial charge in [-0.1, -0.05) is 0 Å². The predicted molar refractivity (Wildman–Crippen MR) is 43.3 cm³/mol. The van der Waals surface area contributed by atoms with Crippen LogP contribution in [0.2, 0.25) is 0 Å². The van der Waals surface area contributed by atoms with Gasteiger partial charge in [0.25, 0.3) is 0 Å². The number of aromatic nitrogens is 4. The van der Waals surface area contributed by atoms with E-state index >= 15 is 0 Å². The number of aromatic carboxylic acids is 1. The summed E-state index contributed by atoms with van der Waals surface area (Å²) in [5, 5.41) is 13.1. The maximum atomic E-state index is 10.7. The second-order valence-corrected chi connectivity index (χ2v) is 2.53. The van der Waals surface area contributed by atoms with Gasteiger partial charge in [0.05, 0.1) is 11.6 Å². The summed E-state index contributed by atoms with van der Waals surface area (Å²) < 4.78 is 1.50. The molecule has 6 nitrogen and oxygen atoms in total. The molecule has 2 heterocycles. The van der Waals surface area contributed by atoms with Gasteiger partial charge in [-0.15, -0.1) is 0 Å². The van der Waals surface area contributed by atoms with Crippen LogP contribution in [0.15, 0.2) is 12.5 Å². The van der Waals surface area contributed by atoms with Gasteiger partial charge in [-0.25, -0.2) is 14.8 Å². The molecule has 0 unspecified atom stereocenters. The van der Waals surface area contributed by atoms with E-state index in [-0.39, 0.29) is 5.69 Å². The first-order valence-corrected chi connectivity index (χ1v) is 3.56. The lowest BCUT2D eigenvalue weighted by atomic mass is 10.3. The molecule has 0 saturated carbocycles. The molecule has 13 heavy (non-hydrogen) atoms. The van der Waals surface area contributed by atoms with E-state index in [4.69, 9.17) is 5.11 Å². The summed E-state index contributed by atoms with van der Waals surface area (Å²) in [6.45, 7) is 0. The molecule has 0 aliphatic heterocycles. The number of carbonyl (C=O) groups is 1. The molecule has 0 bridgehead atoms. The third kappa shape index (κ3) is 1.03. The minimum Gasteiger partial charge on any atom is -0.476 e. The minimum atomic E-state index is -1.07. The number of aryl methyl sites for hydroxylation is 1. The Hall–Kier alpha value is -1.98. The van der Waals surface area contributed by atoms with Gasteiger partial charge in [-0.05, 0) is 0 Å². The fourth-order valence-electron chi connectivity index (χ4n) is 1.13. The van der Waals surface area contributed by atoms with Gasteiger partial charge in [0.15, 0.2) is 11.3 Å². The fraction of sp³-hybridized carbons (Fsp3) is 0.143. The van der Waals surface area contributed by atoms with Gasteiger partial charge in [0.1, 0.15) is 6.33 Å². The molecule has 0 saturated heterocycles. The Morgan fingerprint density at radius 2 is 2.31 bits per heavy atom. The molecule has 0 radical (unpaired) electrons. The number of hydrogen-bond donors (Lipinski definition) is 1. The van der Waals surface area contributed by atoms with Crippen molar-refractivity contribution in [1.29, 1.82) is 0 Å². The molecule has 0 aromatic carbocycles. The van der Waals surface area contributed by atoms with Crippen molar-refractivity contribution in [3.05, 3.63) is 18.2 Å². The molecular formula is C7H6N4O2. The highest BCUT2D eigenvalue weighted by Gasteiger charge is 2.12. The van der Waals surface area contributed by atoms with E-state index in [2.05, 4.69) is 15.1 Å². The highest BCUT2D eigenvalue weighted by molar-refractivity contribution is 5.99. The Morgan fingerprint density at radius 1 is 1.54 bits per heavy atom. The van der Waals surface area contributed by atoms with Crippen molar-refractivity contribution in [2.24, 2.45) is 7.05 Å². The zero-order chi connectivity index (χ0) is 9.42. The van der Waals surface area contributed by atoms with Crippen molar-refractivity contribution in [3.63, 3.8) is 0 Å². The van der Waals surface area contributed by atoms with Crippen LogP contribution in [0.4, 0.5) is 0 Å². The first-order chi connectivity index (χ1) is 6.20. The van der Waals surface area contributed by atoms with Crippen molar-refractivity contribution in [1.82, 2.24) is 19.7 Å². The summed E-state index contributed by atoms with van der Waals surface area (Å²) in [6, 6.07) is 0. The van der Waals surface area contributed by atoms with Crippen molar-refractivity contribution in [2.45, 2.75) is 0 Å². The Kier molecular flexibility index (Phi) is 1.48. The number of rotatable bonds is 1. The Balaban J connectivity index is 2.84. The average molecular weight is 178 g/mol. The maximum absolute atomic E-state index is 10.7. The topological polar surface area (TPSA) is 80.9 Å². The molecule has 0 atom stereocenters. The zero-order valence-electron chi connectivity index (χ0n) is 6.80. The summed E-state index contributed by atoms with van der Waals surface area (Å²) in [5.74, 6) is -1.07. The predicted octanol–water partition coefficient (Wildman–Crippen LogP) is 0.0615. The quantitative estimate of drug-likeness (QED) is 0.667. The smallest absolute Gasteiger partial charge is 0.355 e. The number of hydrogen-bond acceptors (Lipinski definition) is 4. The highest BCUT2D eigenvalue weighted by atomic mass is 16.4. The number of nitrogens with zero attached hydrogens (tertiary/aromatic N) is 4. The summed E-state index contributed by atoms with van der Waals surface area (Å²) in [4.78, 5) is 18.3. The standard InChI is InChI=1S/C7H6N4O2/c1-11-6-4(2-10-11)5(7(12)13)8-3-9-6/h2-3H,1H3,(H,12,13). The zero-order valence-corrected chi connectivity index (χ0v) is 6.80. The van der Waals surface area contributed by atoms with Gasteiger partial charge < -0.3 is 5.11 Å². The molecule has 1 N–H and O–H groups in total. The van der Waals surface area contributed by atoms with Crippen LogP contribution in [0.25, 0.3) is 11.0 Å². The summed E-state index contributed by atoms with van der Waals surface area (Å²) in [6.07, 6.45) is 2.66. The molecule has 0 aliphatic carbocycles. The first kappa shape index (κ1) is 7.66. The summed E-state index contributed by atoms with van der Waals surface area (Å²) in [7, 11) is 1.70. The second kappa shape index (κ2) is 2.51. The van der Waals surface area contributed by atoms with Crippen molar-refractivity contribution in [3.8, 4) is 0 Å². The first-order valence-electron chi connectivity index (χ1n) is 3.56. The maximum Gasteiger partial charge on any atom is 0.355 e. The van der Waals surface area contributed by atoms with Gasteiger partial charge in [-0.3, -0.25) is 4.68 Å². The van der Waals surface area contributed by atoms with Gasteiger partial charge in [-0.2, -0.15) is 5.10 Å². The highest BCUT2D eigenvalue weighted by Crippen LogP contribution is 2.12. The SMILES string of the molecule is Cn1ncc2c(C(=O)O)ncnc21. The van der Waals surface area contributed by atoms with Gasteiger partial charge in [0, 0.05) is 7.05 Å². The van der Waals surface area contributed by atoms with Crippen LogP contribution in [-0.2, 0) is 7.05 Å². The van der Waals surface area contributed by atoms with Gasteiger partial charge >= 0.3 is 5.97 Å². The average Bonchev–Trinajstić information content (AvgIpc) is 2.48. The summed E-state index contributed by atoms with van der Waals surface area (Å²) >= 11 is 0. The molecule has 0 spiro atoms. The monoisotopic (exact) mass is 178 g/mol. The molecule has 2 rings (SSSR count). The second-order valence-electron chi connectivity index (χ2n) is 2.53. The van der Waals surface area contributed by atoms with Gasteiger partial charge in [0.2, 0.25) is 0 Å². The van der Waals surface area contributed by atoms with Crippen molar-refractivity contribution >= 4 is 17.0 Å². The van der Waals surface area contributed by atoms with E-state index in [1.807, 2.05) is 0 Å². The third-order valence-electron chi connectivity index (χ3n) is 1.73. The number of fused-ring (bicyclic) bond motifs is 1. The molecule has 0 fully saturated rings. The van der Waals surface area contributed by atoms with Crippen molar-refractivity contribution < 1.29 is 9.90 Å². The Bertz CT molecular complexity index is 476. The molecule has 6 heteroatoms. The van der Waals surface area contributed by atoms with Crippen LogP contribution < -0.4 is 0 Å². The van der Waals surface area contributed by atoms with Crippen molar-refractivity contribution in [2.75, 3.05) is 0 Å². The summed E-state index contributed by atoms with van der Waals surface area (Å²) in [5.41, 5.74) is 0.505. The Labute approximate surface area is 72.8 Å². The van der Waals surface area contributed by atoms with E-state index in [0.717, 1.165) is 0 Å². The molecule has 0 aliphatic rings. The normalized spacial score (nSPS) is 10.5. The molecular weight excluding hydrogens is 172 g/mol. The lowest BCUT2D eigenvalue weighted by molar-refractivity contribution is 0.0692. The number of carboxylic acid groups (broad SMARTS) is 1. The largest absolute Gasteiger partial charge is 0.476 e. The Morgan fingerprint density at radius 3 is 3.00 bits per heavy atom. The fourth-order valence-corrected chi connectivity index (χ4v) is 1.13. The number of carboxylic acids is 1. The lowest BCUT2D eigenvalue weighted by Gasteiger charge is -1.94. The van der Waals surface area contributed by atoms with E-state index in [9.17, 15) is 4.79 Å². The lowest BCUT2D eigenvalue weighted by Crippen LogP contribution is -2.02. The minimum absolute atomic E-state index is 0.0156. The molecule has 66 valence electrons. The van der Waals surface area contributed by atoms with E-state index < -0.39 is 5.97 Å². The van der Waals surface area contributed by atoms with E-state index in [1.165, 1.54) is 17.2 Å². The third-order valence-corrected chi connectivity index (χ3v) is 1.73. The van der Waals surface area contributed by atoms with Crippen LogP contribution in [0, 0.1) is 0 Å².